The van der Waals surface area contributed by atoms with Crippen LogP contribution in [0.4, 0.5) is 0 Å². The van der Waals surface area contributed by atoms with Crippen LogP contribution in [-0.2, 0) is 6.42 Å². The molecule has 0 aliphatic carbocycles. The fourth-order valence-corrected chi connectivity index (χ4v) is 1.63. The van der Waals surface area contributed by atoms with E-state index in [1.807, 2.05) is 59.7 Å². The molecular weight excluding hydrogens is 286 g/mol. The molecule has 1 rings (SSSR count). The molecule has 0 aliphatic rings. The largest absolute Gasteiger partial charge is 0.497 e. The van der Waals surface area contributed by atoms with E-state index < -0.39 is 0 Å². The number of ether oxygens (including phenoxy) is 2. The van der Waals surface area contributed by atoms with Gasteiger partial charge in [0.05, 0.1) is 14.2 Å². The Labute approximate surface area is 146 Å². The van der Waals surface area contributed by atoms with E-state index >= 15 is 0 Å². The van der Waals surface area contributed by atoms with E-state index in [0.29, 0.717) is 6.04 Å². The van der Waals surface area contributed by atoms with E-state index in [2.05, 4.69) is 25.8 Å². The molecule has 3 nitrogen and oxygen atoms in total. The van der Waals surface area contributed by atoms with Gasteiger partial charge in [-0.3, -0.25) is 0 Å². The Morgan fingerprint density at radius 3 is 1.83 bits per heavy atom. The highest BCUT2D eigenvalue weighted by Gasteiger charge is 2.08. The number of rotatable bonds is 6. The molecular formula is C20H41NO2. The summed E-state index contributed by atoms with van der Waals surface area (Å²) < 4.78 is 10.6. The lowest BCUT2D eigenvalue weighted by Crippen LogP contribution is -2.28. The van der Waals surface area contributed by atoms with Crippen LogP contribution in [0.25, 0.3) is 0 Å². The summed E-state index contributed by atoms with van der Waals surface area (Å²) in [6.07, 6.45) is 0.967. The van der Waals surface area contributed by atoms with Gasteiger partial charge in [-0.2, -0.15) is 0 Å². The van der Waals surface area contributed by atoms with E-state index in [9.17, 15) is 0 Å². The molecule has 0 saturated heterocycles. The number of benzene rings is 1. The van der Waals surface area contributed by atoms with Crippen molar-refractivity contribution in [3.8, 4) is 11.5 Å². The Kier molecular flexibility index (Phi) is 21.8. The summed E-state index contributed by atoms with van der Waals surface area (Å²) in [4.78, 5) is 2.32. The van der Waals surface area contributed by atoms with Crippen LogP contribution in [-0.4, -0.2) is 38.8 Å². The van der Waals surface area contributed by atoms with Gasteiger partial charge in [-0.05, 0) is 51.1 Å². The normalized spacial score (nSPS) is 8.91. The van der Waals surface area contributed by atoms with E-state index in [-0.39, 0.29) is 0 Å². The number of hydrogen-bond donors (Lipinski definition) is 0. The van der Waals surface area contributed by atoms with Crippen molar-refractivity contribution >= 4 is 0 Å². The predicted molar refractivity (Wildman–Crippen MR) is 105 cm³/mol. The third-order valence-electron chi connectivity index (χ3n) is 3.10. The number of likely N-dealkylation sites (N-methyl/N-ethyl adjacent to an activating group) is 1. The molecule has 138 valence electrons. The van der Waals surface area contributed by atoms with Crippen LogP contribution in [0.2, 0.25) is 0 Å². The third kappa shape index (κ3) is 11.9. The summed E-state index contributed by atoms with van der Waals surface area (Å²) in [6.45, 7) is 17.4. The molecule has 0 fully saturated rings. The minimum Gasteiger partial charge on any atom is -0.497 e. The van der Waals surface area contributed by atoms with Crippen molar-refractivity contribution in [3.63, 3.8) is 0 Å². The summed E-state index contributed by atoms with van der Waals surface area (Å²) in [7, 11) is 5.53. The maximum atomic E-state index is 5.36. The van der Waals surface area contributed by atoms with E-state index in [0.717, 1.165) is 24.5 Å². The lowest BCUT2D eigenvalue weighted by Gasteiger charge is -2.21. The van der Waals surface area contributed by atoms with Crippen LogP contribution in [0.5, 0.6) is 11.5 Å². The average Bonchev–Trinajstić information content (AvgIpc) is 2.64. The quantitative estimate of drug-likeness (QED) is 0.672. The molecule has 3 heteroatoms. The van der Waals surface area contributed by atoms with Gasteiger partial charge in [0, 0.05) is 12.6 Å². The predicted octanol–water partition coefficient (Wildman–Crippen LogP) is 5.67. The molecule has 0 saturated carbocycles. The van der Waals surface area contributed by atoms with Gasteiger partial charge in [-0.25, -0.2) is 0 Å². The van der Waals surface area contributed by atoms with Gasteiger partial charge in [0.1, 0.15) is 11.5 Å². The smallest absolute Gasteiger partial charge is 0.122 e. The first-order valence-electron chi connectivity index (χ1n) is 8.99. The second-order valence-electron chi connectivity index (χ2n) is 4.50. The summed E-state index contributed by atoms with van der Waals surface area (Å²) in [5, 5.41) is 0. The van der Waals surface area contributed by atoms with Crippen molar-refractivity contribution in [2.45, 2.75) is 67.9 Å². The van der Waals surface area contributed by atoms with Crippen molar-refractivity contribution in [1.82, 2.24) is 4.90 Å². The van der Waals surface area contributed by atoms with Crippen molar-refractivity contribution < 1.29 is 9.47 Å². The zero-order valence-electron chi connectivity index (χ0n) is 17.5. The van der Waals surface area contributed by atoms with Crippen LogP contribution >= 0.6 is 0 Å². The van der Waals surface area contributed by atoms with Crippen LogP contribution in [0.15, 0.2) is 18.2 Å². The monoisotopic (exact) mass is 327 g/mol. The molecule has 0 spiro atoms. The van der Waals surface area contributed by atoms with Crippen LogP contribution in [0.1, 0.15) is 61.0 Å². The van der Waals surface area contributed by atoms with Gasteiger partial charge in [0.25, 0.3) is 0 Å². The molecule has 0 amide bonds. The molecule has 0 bridgehead atoms. The Balaban J connectivity index is -0.000000595. The van der Waals surface area contributed by atoms with Gasteiger partial charge < -0.3 is 14.4 Å². The van der Waals surface area contributed by atoms with Crippen molar-refractivity contribution in [3.05, 3.63) is 23.8 Å². The SMILES string of the molecule is CC.CC.CC.COc1ccc(OC)c(CCN(C)C(C)C)c1. The van der Waals surface area contributed by atoms with E-state index in [1.54, 1.807) is 14.2 Å². The third-order valence-corrected chi connectivity index (χ3v) is 3.10. The first-order valence-corrected chi connectivity index (χ1v) is 8.99. The molecule has 1 aromatic rings. The zero-order chi connectivity index (χ0) is 18.8. The van der Waals surface area contributed by atoms with Gasteiger partial charge in [-0.15, -0.1) is 0 Å². The molecule has 0 aromatic heterocycles. The maximum absolute atomic E-state index is 5.36. The molecule has 0 aliphatic heterocycles. The first-order chi connectivity index (χ1) is 11.1. The molecule has 0 atom stereocenters. The zero-order valence-corrected chi connectivity index (χ0v) is 17.5. The maximum Gasteiger partial charge on any atom is 0.122 e. The van der Waals surface area contributed by atoms with Gasteiger partial charge >= 0.3 is 0 Å². The summed E-state index contributed by atoms with van der Waals surface area (Å²) >= 11 is 0. The van der Waals surface area contributed by atoms with Crippen molar-refractivity contribution in [2.24, 2.45) is 0 Å². The fraction of sp³-hybridized carbons (Fsp3) is 0.700. The number of hydrogen-bond acceptors (Lipinski definition) is 3. The van der Waals surface area contributed by atoms with Crippen molar-refractivity contribution in [2.75, 3.05) is 27.8 Å². The molecule has 0 heterocycles. The highest BCUT2D eigenvalue weighted by Crippen LogP contribution is 2.24. The van der Waals surface area contributed by atoms with Crippen molar-refractivity contribution in [1.29, 1.82) is 0 Å². The molecule has 0 N–H and O–H groups in total. The average molecular weight is 328 g/mol. The van der Waals surface area contributed by atoms with Gasteiger partial charge in [0.15, 0.2) is 0 Å². The minimum atomic E-state index is 0.562. The Hall–Kier alpha value is -1.22. The molecule has 23 heavy (non-hydrogen) atoms. The Bertz CT molecular complexity index is 351. The van der Waals surface area contributed by atoms with Gasteiger partial charge in [-0.1, -0.05) is 41.5 Å². The highest BCUT2D eigenvalue weighted by atomic mass is 16.5. The number of nitrogens with zero attached hydrogens (tertiary/aromatic N) is 1. The van der Waals surface area contributed by atoms with E-state index in [1.165, 1.54) is 5.56 Å². The molecule has 0 radical (unpaired) electrons. The minimum absolute atomic E-state index is 0.562. The standard InChI is InChI=1S/C14H23NO2.3C2H6/c1-11(2)15(3)9-8-12-10-13(16-4)6-7-14(12)17-5;3*1-2/h6-7,10-11H,8-9H2,1-5H3;3*1-2H3. The second kappa shape index (κ2) is 18.8. The molecule has 1 aromatic carbocycles. The van der Waals surface area contributed by atoms with Crippen LogP contribution < -0.4 is 9.47 Å². The van der Waals surface area contributed by atoms with Gasteiger partial charge in [0.2, 0.25) is 0 Å². The van der Waals surface area contributed by atoms with Crippen LogP contribution in [0.3, 0.4) is 0 Å². The Morgan fingerprint density at radius 2 is 1.43 bits per heavy atom. The molecule has 0 unspecified atom stereocenters. The number of methoxy groups -OCH3 is 2. The topological polar surface area (TPSA) is 21.7 Å². The lowest BCUT2D eigenvalue weighted by molar-refractivity contribution is 0.276. The summed E-state index contributed by atoms with van der Waals surface area (Å²) in [5.41, 5.74) is 1.19. The van der Waals surface area contributed by atoms with Crippen LogP contribution in [0, 0.1) is 0 Å². The highest BCUT2D eigenvalue weighted by molar-refractivity contribution is 5.40. The fourth-order valence-electron chi connectivity index (χ4n) is 1.63. The second-order valence-corrected chi connectivity index (χ2v) is 4.50. The summed E-state index contributed by atoms with van der Waals surface area (Å²) in [6, 6.07) is 6.50. The van der Waals surface area contributed by atoms with E-state index in [4.69, 9.17) is 9.47 Å². The lowest BCUT2D eigenvalue weighted by atomic mass is 10.1. The first kappa shape index (κ1) is 26.7. The Morgan fingerprint density at radius 1 is 0.913 bits per heavy atom. The summed E-state index contributed by atoms with van der Waals surface area (Å²) in [5.74, 6) is 1.82.